The maximum atomic E-state index is 13.2. The fourth-order valence-electron chi connectivity index (χ4n) is 5.53. The normalized spacial score (nSPS) is 24.9. The molecule has 6 nitrogen and oxygen atoms in total. The Morgan fingerprint density at radius 3 is 2.61 bits per heavy atom. The monoisotopic (exact) mass is 439 g/mol. The van der Waals surface area contributed by atoms with Gasteiger partial charge >= 0.3 is 6.03 Å². The maximum Gasteiger partial charge on any atom is 0.326 e. The van der Waals surface area contributed by atoms with Gasteiger partial charge in [0.2, 0.25) is 5.91 Å². The number of aliphatic hydroxyl groups is 1. The summed E-state index contributed by atoms with van der Waals surface area (Å²) in [5.74, 6) is 0.218. The van der Waals surface area contributed by atoms with Gasteiger partial charge in [-0.15, -0.1) is 0 Å². The third-order valence-corrected chi connectivity index (χ3v) is 7.20. The van der Waals surface area contributed by atoms with Crippen LogP contribution in [0.4, 0.5) is 16.2 Å². The summed E-state index contributed by atoms with van der Waals surface area (Å²) in [6.07, 6.45) is 4.00. The molecule has 2 N–H and O–H groups in total. The van der Waals surface area contributed by atoms with E-state index < -0.39 is 0 Å². The van der Waals surface area contributed by atoms with Gasteiger partial charge in [0.15, 0.2) is 0 Å². The minimum Gasteiger partial charge on any atom is -0.394 e. The van der Waals surface area contributed by atoms with E-state index in [0.29, 0.717) is 17.3 Å². The molecule has 2 aromatic rings. The van der Waals surface area contributed by atoms with Crippen molar-refractivity contribution in [2.24, 2.45) is 5.92 Å². The number of nitrogens with one attached hydrogen (secondary N) is 1. The van der Waals surface area contributed by atoms with Crippen molar-refractivity contribution in [1.82, 2.24) is 4.90 Å². The highest BCUT2D eigenvalue weighted by Crippen LogP contribution is 2.49. The molecule has 5 rings (SSSR count). The Labute approximate surface area is 186 Å². The first kappa shape index (κ1) is 20.3. The van der Waals surface area contributed by atoms with E-state index in [1.807, 2.05) is 29.2 Å². The van der Waals surface area contributed by atoms with Gasteiger partial charge in [-0.1, -0.05) is 48.7 Å². The van der Waals surface area contributed by atoms with E-state index in [1.165, 1.54) is 0 Å². The van der Waals surface area contributed by atoms with Crippen LogP contribution in [0.3, 0.4) is 0 Å². The van der Waals surface area contributed by atoms with Crippen molar-refractivity contribution in [3.8, 4) is 0 Å². The molecule has 1 saturated heterocycles. The van der Waals surface area contributed by atoms with Crippen molar-refractivity contribution in [3.05, 3.63) is 59.1 Å². The van der Waals surface area contributed by atoms with Crippen molar-refractivity contribution >= 4 is 34.9 Å². The van der Waals surface area contributed by atoms with Crippen molar-refractivity contribution in [1.29, 1.82) is 0 Å². The number of anilines is 2. The number of benzene rings is 2. The van der Waals surface area contributed by atoms with Crippen LogP contribution in [0.25, 0.3) is 0 Å². The van der Waals surface area contributed by atoms with E-state index >= 15 is 0 Å². The minimum atomic E-state index is -0.256. The smallest absolute Gasteiger partial charge is 0.326 e. The molecular formula is C24H26ClN3O3. The van der Waals surface area contributed by atoms with Gasteiger partial charge in [0.05, 0.1) is 18.7 Å². The molecule has 0 unspecified atom stereocenters. The summed E-state index contributed by atoms with van der Waals surface area (Å²) in [6, 6.07) is 14.2. The van der Waals surface area contributed by atoms with E-state index in [0.717, 1.165) is 36.9 Å². The summed E-state index contributed by atoms with van der Waals surface area (Å²) in [6.45, 7) is 0.339. The van der Waals surface area contributed by atoms with Crippen molar-refractivity contribution < 1.29 is 14.7 Å². The Morgan fingerprint density at radius 2 is 1.87 bits per heavy atom. The largest absolute Gasteiger partial charge is 0.394 e. The minimum absolute atomic E-state index is 0.0425. The van der Waals surface area contributed by atoms with E-state index in [1.54, 1.807) is 29.2 Å². The molecule has 3 atom stereocenters. The zero-order valence-corrected chi connectivity index (χ0v) is 18.0. The summed E-state index contributed by atoms with van der Waals surface area (Å²) in [4.78, 5) is 30.0. The number of halogens is 1. The number of amides is 3. The summed E-state index contributed by atoms with van der Waals surface area (Å²) < 4.78 is 0. The van der Waals surface area contributed by atoms with Crippen LogP contribution in [0.2, 0.25) is 5.02 Å². The zero-order valence-electron chi connectivity index (χ0n) is 17.2. The van der Waals surface area contributed by atoms with Crippen LogP contribution in [-0.2, 0) is 4.79 Å². The first-order chi connectivity index (χ1) is 15.1. The highest BCUT2D eigenvalue weighted by atomic mass is 35.5. The van der Waals surface area contributed by atoms with E-state index in [2.05, 4.69) is 5.32 Å². The molecule has 3 amide bonds. The topological polar surface area (TPSA) is 72.9 Å². The molecular weight excluding hydrogens is 414 g/mol. The number of likely N-dealkylation sites (tertiary alicyclic amines) is 1. The first-order valence-electron chi connectivity index (χ1n) is 10.9. The van der Waals surface area contributed by atoms with Crippen LogP contribution in [0.1, 0.15) is 37.2 Å². The number of aliphatic hydroxyl groups excluding tert-OH is 1. The SMILES string of the molecule is O=C(Nc1cccc(Cl)c1)N1C[C@H]2[C@@H](c3ccccc31)[C@H](CO)N2C(=O)C1CCCC1. The van der Waals surface area contributed by atoms with Gasteiger partial charge in [-0.2, -0.15) is 0 Å². The quantitative estimate of drug-likeness (QED) is 0.751. The lowest BCUT2D eigenvalue weighted by Crippen LogP contribution is -2.71. The van der Waals surface area contributed by atoms with Crippen molar-refractivity contribution in [2.45, 2.75) is 43.7 Å². The number of urea groups is 1. The van der Waals surface area contributed by atoms with Crippen molar-refractivity contribution in [3.63, 3.8) is 0 Å². The molecule has 2 fully saturated rings. The van der Waals surface area contributed by atoms with Crippen LogP contribution in [-0.4, -0.2) is 47.2 Å². The summed E-state index contributed by atoms with van der Waals surface area (Å²) in [5, 5.41) is 13.6. The number of rotatable bonds is 3. The lowest BCUT2D eigenvalue weighted by Gasteiger charge is -2.59. The first-order valence-corrected chi connectivity index (χ1v) is 11.3. The van der Waals surface area contributed by atoms with E-state index in [9.17, 15) is 14.7 Å². The third-order valence-electron chi connectivity index (χ3n) is 6.97. The van der Waals surface area contributed by atoms with Crippen LogP contribution in [0, 0.1) is 5.92 Å². The predicted octanol–water partition coefficient (Wildman–Crippen LogP) is 4.24. The van der Waals surface area contributed by atoms with Crippen LogP contribution in [0.5, 0.6) is 0 Å². The molecule has 2 heterocycles. The second kappa shape index (κ2) is 8.17. The molecule has 1 saturated carbocycles. The van der Waals surface area contributed by atoms with Crippen LogP contribution < -0.4 is 10.2 Å². The zero-order chi connectivity index (χ0) is 21.5. The second-order valence-electron chi connectivity index (χ2n) is 8.68. The molecule has 0 bridgehead atoms. The maximum absolute atomic E-state index is 13.2. The van der Waals surface area contributed by atoms with Gasteiger partial charge in [-0.3, -0.25) is 9.69 Å². The lowest BCUT2D eigenvalue weighted by molar-refractivity contribution is -0.154. The number of carbonyl (C=O) groups excluding carboxylic acids is 2. The number of carbonyl (C=O) groups is 2. The van der Waals surface area contributed by atoms with Gasteiger partial charge in [0.25, 0.3) is 0 Å². The van der Waals surface area contributed by atoms with Gasteiger partial charge < -0.3 is 15.3 Å². The summed E-state index contributed by atoms with van der Waals surface area (Å²) >= 11 is 6.06. The second-order valence-corrected chi connectivity index (χ2v) is 9.12. The van der Waals surface area contributed by atoms with Crippen LogP contribution in [0.15, 0.2) is 48.5 Å². The molecule has 31 heavy (non-hydrogen) atoms. The number of hydrogen-bond acceptors (Lipinski definition) is 3. The van der Waals surface area contributed by atoms with E-state index in [-0.39, 0.29) is 42.5 Å². The average Bonchev–Trinajstić information content (AvgIpc) is 3.29. The number of fused-ring (bicyclic) bond motifs is 3. The molecule has 0 radical (unpaired) electrons. The number of para-hydroxylation sites is 1. The highest BCUT2D eigenvalue weighted by molar-refractivity contribution is 6.30. The molecule has 1 aliphatic carbocycles. The van der Waals surface area contributed by atoms with Gasteiger partial charge in [-0.25, -0.2) is 4.79 Å². The standard InChI is InChI=1S/C24H26ClN3O3/c25-16-8-5-9-17(12-16)26-24(31)27-13-20-22(18-10-3-4-11-19(18)27)21(14-29)28(20)23(30)15-6-1-2-7-15/h3-5,8-12,15,20-22,29H,1-2,6-7,13-14H2,(H,26,31)/t20-,21-,22+/m0/s1. The average molecular weight is 440 g/mol. The Morgan fingerprint density at radius 1 is 1.10 bits per heavy atom. The molecule has 2 aromatic carbocycles. The molecule has 0 aromatic heterocycles. The Bertz CT molecular complexity index is 1010. The van der Waals surface area contributed by atoms with Crippen molar-refractivity contribution in [2.75, 3.05) is 23.4 Å². The number of nitrogens with zero attached hydrogens (tertiary/aromatic N) is 2. The molecule has 7 heteroatoms. The predicted molar refractivity (Wildman–Crippen MR) is 120 cm³/mol. The molecule has 3 aliphatic rings. The van der Waals surface area contributed by atoms with Crippen LogP contribution >= 0.6 is 11.6 Å². The molecule has 162 valence electrons. The fourth-order valence-corrected chi connectivity index (χ4v) is 5.72. The number of hydrogen-bond donors (Lipinski definition) is 2. The molecule has 2 aliphatic heterocycles. The summed E-state index contributed by atoms with van der Waals surface area (Å²) in [5.41, 5.74) is 2.46. The lowest BCUT2D eigenvalue weighted by atomic mass is 9.71. The van der Waals surface area contributed by atoms with Gasteiger partial charge in [0, 0.05) is 34.8 Å². The van der Waals surface area contributed by atoms with E-state index in [4.69, 9.17) is 11.6 Å². The Kier molecular flexibility index (Phi) is 5.36. The third kappa shape index (κ3) is 3.48. The molecule has 0 spiro atoms. The highest BCUT2D eigenvalue weighted by Gasteiger charge is 2.56. The Hall–Kier alpha value is -2.57. The van der Waals surface area contributed by atoms with Gasteiger partial charge in [-0.05, 0) is 42.7 Å². The summed E-state index contributed by atoms with van der Waals surface area (Å²) in [7, 11) is 0. The van der Waals surface area contributed by atoms with Gasteiger partial charge in [0.1, 0.15) is 0 Å². The fraction of sp³-hybridized carbons (Fsp3) is 0.417. The Balaban J connectivity index is 1.44.